The molecule has 134 valence electrons. The Kier molecular flexibility index (Phi) is 5.05. The summed E-state index contributed by atoms with van der Waals surface area (Å²) in [4.78, 5) is 35.7. The Labute approximate surface area is 137 Å². The van der Waals surface area contributed by atoms with Gasteiger partial charge >= 0.3 is 13.5 Å². The number of hydrogen-bond acceptors (Lipinski definition) is 7. The van der Waals surface area contributed by atoms with Gasteiger partial charge in [0, 0.05) is 25.7 Å². The van der Waals surface area contributed by atoms with Gasteiger partial charge in [-0.2, -0.15) is 4.98 Å². The zero-order valence-corrected chi connectivity index (χ0v) is 13.8. The standard InChI is InChI=1S/C13H20N3O7P/c17-9-7-12(23-10(9)8-22-24(19,20)21)16-6-3-11(14-13(16)18)15-4-1-2-5-15/h3,6,9-10,12,17H,1-2,4-5,7-8H2,(H2,19,20,21)/t9?,10-,12-/m1/s1. The zero-order valence-electron chi connectivity index (χ0n) is 12.9. The number of aliphatic hydroxyl groups is 1. The number of aliphatic hydroxyl groups excluding tert-OH is 1. The predicted octanol–water partition coefficient (Wildman–Crippen LogP) is -0.399. The molecule has 3 rings (SSSR count). The lowest BCUT2D eigenvalue weighted by Crippen LogP contribution is -2.30. The van der Waals surface area contributed by atoms with Crippen LogP contribution in [0.2, 0.25) is 0 Å². The van der Waals surface area contributed by atoms with E-state index in [1.165, 1.54) is 4.57 Å². The number of nitrogens with zero attached hydrogens (tertiary/aromatic N) is 3. The van der Waals surface area contributed by atoms with Gasteiger partial charge in [-0.25, -0.2) is 9.36 Å². The second-order valence-electron chi connectivity index (χ2n) is 5.89. The summed E-state index contributed by atoms with van der Waals surface area (Å²) in [7, 11) is -4.64. The maximum absolute atomic E-state index is 12.2. The average Bonchev–Trinajstić information content (AvgIpc) is 3.14. The van der Waals surface area contributed by atoms with E-state index in [2.05, 4.69) is 9.51 Å². The second-order valence-corrected chi connectivity index (χ2v) is 7.13. The summed E-state index contributed by atoms with van der Waals surface area (Å²) in [5, 5.41) is 9.93. The number of anilines is 1. The molecular formula is C13H20N3O7P. The van der Waals surface area contributed by atoms with Crippen LogP contribution in [0, 0.1) is 0 Å². The van der Waals surface area contributed by atoms with Crippen molar-refractivity contribution in [3.63, 3.8) is 0 Å². The molecule has 1 aromatic heterocycles. The van der Waals surface area contributed by atoms with Crippen molar-refractivity contribution in [3.8, 4) is 0 Å². The fourth-order valence-corrected chi connectivity index (χ4v) is 3.29. The van der Waals surface area contributed by atoms with Crippen LogP contribution in [-0.4, -0.2) is 56.3 Å². The molecule has 0 aliphatic carbocycles. The van der Waals surface area contributed by atoms with Gasteiger partial charge in [-0.1, -0.05) is 0 Å². The predicted molar refractivity (Wildman–Crippen MR) is 82.5 cm³/mol. The van der Waals surface area contributed by atoms with Crippen LogP contribution in [0.25, 0.3) is 0 Å². The molecule has 24 heavy (non-hydrogen) atoms. The number of phosphoric acid groups is 1. The van der Waals surface area contributed by atoms with Crippen molar-refractivity contribution in [2.45, 2.75) is 37.7 Å². The fourth-order valence-electron chi connectivity index (χ4n) is 2.95. The molecule has 2 fully saturated rings. The lowest BCUT2D eigenvalue weighted by molar-refractivity contribution is -0.0450. The van der Waals surface area contributed by atoms with Crippen molar-refractivity contribution in [3.05, 3.63) is 22.7 Å². The third kappa shape index (κ3) is 4.02. The van der Waals surface area contributed by atoms with Gasteiger partial charge in [0.2, 0.25) is 0 Å². The molecule has 11 heteroatoms. The molecule has 0 bridgehead atoms. The smallest absolute Gasteiger partial charge is 0.390 e. The minimum absolute atomic E-state index is 0.111. The Morgan fingerprint density at radius 2 is 2.08 bits per heavy atom. The first kappa shape index (κ1) is 17.5. The Morgan fingerprint density at radius 1 is 1.38 bits per heavy atom. The Hall–Kier alpha value is -1.29. The van der Waals surface area contributed by atoms with E-state index in [0.717, 1.165) is 25.9 Å². The average molecular weight is 361 g/mol. The number of hydrogen-bond donors (Lipinski definition) is 3. The second kappa shape index (κ2) is 6.91. The summed E-state index contributed by atoms with van der Waals surface area (Å²) in [5.41, 5.74) is -0.492. The third-order valence-electron chi connectivity index (χ3n) is 4.17. The monoisotopic (exact) mass is 361 g/mol. The maximum Gasteiger partial charge on any atom is 0.469 e. The minimum Gasteiger partial charge on any atom is -0.390 e. The number of aromatic nitrogens is 2. The van der Waals surface area contributed by atoms with E-state index >= 15 is 0 Å². The third-order valence-corrected chi connectivity index (χ3v) is 4.65. The molecule has 1 unspecified atom stereocenters. The van der Waals surface area contributed by atoms with Crippen LogP contribution in [0.3, 0.4) is 0 Å². The first-order valence-electron chi connectivity index (χ1n) is 7.71. The zero-order chi connectivity index (χ0) is 17.3. The highest BCUT2D eigenvalue weighted by Crippen LogP contribution is 2.38. The van der Waals surface area contributed by atoms with Crippen molar-refractivity contribution in [2.24, 2.45) is 0 Å². The van der Waals surface area contributed by atoms with E-state index in [1.807, 2.05) is 4.90 Å². The molecule has 2 aliphatic rings. The molecule has 0 aromatic carbocycles. The van der Waals surface area contributed by atoms with Crippen molar-refractivity contribution < 1.29 is 28.7 Å². The summed E-state index contributed by atoms with van der Waals surface area (Å²) in [6.07, 6.45) is 1.15. The van der Waals surface area contributed by atoms with E-state index in [-0.39, 0.29) is 6.42 Å². The van der Waals surface area contributed by atoms with Crippen LogP contribution < -0.4 is 10.6 Å². The molecule has 0 spiro atoms. The highest BCUT2D eigenvalue weighted by Gasteiger charge is 2.37. The van der Waals surface area contributed by atoms with Crippen molar-refractivity contribution in [1.29, 1.82) is 0 Å². The van der Waals surface area contributed by atoms with E-state index in [4.69, 9.17) is 14.5 Å². The van der Waals surface area contributed by atoms with Gasteiger partial charge in [-0.3, -0.25) is 9.09 Å². The molecule has 2 saturated heterocycles. The van der Waals surface area contributed by atoms with Gasteiger partial charge in [0.15, 0.2) is 0 Å². The number of ether oxygens (including phenoxy) is 1. The summed E-state index contributed by atoms with van der Waals surface area (Å²) in [6.45, 7) is 1.28. The van der Waals surface area contributed by atoms with E-state index < -0.39 is 38.6 Å². The Balaban J connectivity index is 1.68. The normalized spacial score (nSPS) is 27.8. The number of rotatable bonds is 5. The minimum atomic E-state index is -4.64. The van der Waals surface area contributed by atoms with Crippen LogP contribution in [0.15, 0.2) is 17.1 Å². The van der Waals surface area contributed by atoms with E-state index in [1.54, 1.807) is 12.3 Å². The highest BCUT2D eigenvalue weighted by molar-refractivity contribution is 7.46. The highest BCUT2D eigenvalue weighted by atomic mass is 31.2. The molecule has 3 heterocycles. The Morgan fingerprint density at radius 3 is 2.71 bits per heavy atom. The maximum atomic E-state index is 12.2. The summed E-state index contributed by atoms with van der Waals surface area (Å²) in [5.74, 6) is 0.619. The summed E-state index contributed by atoms with van der Waals surface area (Å²) >= 11 is 0. The topological polar surface area (TPSA) is 134 Å². The van der Waals surface area contributed by atoms with Gasteiger partial charge in [-0.05, 0) is 18.9 Å². The first-order chi connectivity index (χ1) is 11.3. The van der Waals surface area contributed by atoms with Gasteiger partial charge in [0.1, 0.15) is 18.1 Å². The lowest BCUT2D eigenvalue weighted by Gasteiger charge is -2.19. The molecule has 2 aliphatic heterocycles. The van der Waals surface area contributed by atoms with E-state index in [0.29, 0.717) is 5.82 Å². The van der Waals surface area contributed by atoms with Crippen molar-refractivity contribution in [2.75, 3.05) is 24.6 Å². The fraction of sp³-hybridized carbons (Fsp3) is 0.692. The largest absolute Gasteiger partial charge is 0.469 e. The van der Waals surface area contributed by atoms with Crippen LogP contribution in [-0.2, 0) is 13.8 Å². The van der Waals surface area contributed by atoms with E-state index in [9.17, 15) is 14.5 Å². The van der Waals surface area contributed by atoms with Crippen molar-refractivity contribution in [1.82, 2.24) is 9.55 Å². The van der Waals surface area contributed by atoms with Gasteiger partial charge in [-0.15, -0.1) is 0 Å². The van der Waals surface area contributed by atoms with Crippen LogP contribution in [0.5, 0.6) is 0 Å². The first-order valence-corrected chi connectivity index (χ1v) is 9.24. The summed E-state index contributed by atoms with van der Waals surface area (Å²) < 4.78 is 21.8. The lowest BCUT2D eigenvalue weighted by atomic mass is 10.2. The quantitative estimate of drug-likeness (QED) is 0.599. The van der Waals surface area contributed by atoms with Crippen LogP contribution >= 0.6 is 7.82 Å². The molecule has 0 amide bonds. The van der Waals surface area contributed by atoms with Gasteiger partial charge in [0.05, 0.1) is 12.7 Å². The molecule has 0 saturated carbocycles. The van der Waals surface area contributed by atoms with Crippen molar-refractivity contribution >= 4 is 13.6 Å². The van der Waals surface area contributed by atoms with Gasteiger partial charge < -0.3 is 24.5 Å². The molecular weight excluding hydrogens is 341 g/mol. The molecule has 3 atom stereocenters. The van der Waals surface area contributed by atoms with Crippen LogP contribution in [0.1, 0.15) is 25.5 Å². The SMILES string of the molecule is O=c1nc(N2CCCC2)ccn1[C@H]1CC(O)[C@@H](COP(=O)(O)O)O1. The molecule has 0 radical (unpaired) electrons. The van der Waals surface area contributed by atoms with Gasteiger partial charge in [0.25, 0.3) is 0 Å². The number of phosphoric ester groups is 1. The molecule has 3 N–H and O–H groups in total. The van der Waals surface area contributed by atoms with Crippen LogP contribution in [0.4, 0.5) is 5.82 Å². The molecule has 10 nitrogen and oxygen atoms in total. The summed E-state index contributed by atoms with van der Waals surface area (Å²) in [6, 6.07) is 1.72. The Bertz CT molecular complexity index is 684. The molecule has 1 aromatic rings.